The molecular weight excluding hydrogens is 507 g/mol. The first-order chi connectivity index (χ1) is 17.5. The topological polar surface area (TPSA) is 104 Å². The first kappa shape index (κ1) is 27.3. The molecular formula is C24H24F3N7O2S. The van der Waals surface area contributed by atoms with E-state index >= 15 is 0 Å². The van der Waals surface area contributed by atoms with Crippen molar-refractivity contribution in [2.75, 3.05) is 22.6 Å². The maximum absolute atomic E-state index is 12.3. The van der Waals surface area contributed by atoms with E-state index in [2.05, 4.69) is 49.7 Å². The zero-order chi connectivity index (χ0) is 27.0. The lowest BCUT2D eigenvalue weighted by Gasteiger charge is -2.18. The van der Waals surface area contributed by atoms with Gasteiger partial charge in [-0.3, -0.25) is 10.2 Å². The molecule has 1 amide bonds. The molecule has 3 N–H and O–H groups in total. The van der Waals surface area contributed by atoms with Crippen LogP contribution < -0.4 is 25.7 Å². The standard InChI is InChI=1S/C24H24F3N7O2S/c1-15(2)19-6-4-5-7-20(19)32-23(37)33-30-14-21(35)31-16-12-28-22(29-13-16)34(3)17-8-10-18(11-9-17)36-24(25,26)27/h4-15H,1-3H3,(H,31,35)(H2,32,33,37)/b30-14+. The fourth-order valence-corrected chi connectivity index (χ4v) is 3.30. The zero-order valence-electron chi connectivity index (χ0n) is 20.1. The highest BCUT2D eigenvalue weighted by molar-refractivity contribution is 7.80. The summed E-state index contributed by atoms with van der Waals surface area (Å²) < 4.78 is 40.8. The molecule has 0 saturated heterocycles. The number of hydrogen-bond acceptors (Lipinski definition) is 7. The fraction of sp³-hybridized carbons (Fsp3) is 0.208. The van der Waals surface area contributed by atoms with Crippen molar-refractivity contribution in [1.29, 1.82) is 0 Å². The first-order valence-electron chi connectivity index (χ1n) is 10.9. The fourth-order valence-electron chi connectivity index (χ4n) is 3.13. The molecule has 0 spiro atoms. The van der Waals surface area contributed by atoms with Crippen molar-refractivity contribution in [3.63, 3.8) is 0 Å². The summed E-state index contributed by atoms with van der Waals surface area (Å²) in [6.07, 6.45) is -0.977. The van der Waals surface area contributed by atoms with Gasteiger partial charge in [-0.05, 0) is 54.0 Å². The third kappa shape index (κ3) is 8.42. The Balaban J connectivity index is 1.51. The minimum atomic E-state index is -4.76. The molecule has 0 aliphatic heterocycles. The second-order valence-electron chi connectivity index (χ2n) is 7.93. The van der Waals surface area contributed by atoms with Crippen LogP contribution in [0.3, 0.4) is 0 Å². The van der Waals surface area contributed by atoms with Gasteiger partial charge in [0.1, 0.15) is 12.0 Å². The van der Waals surface area contributed by atoms with Crippen molar-refractivity contribution < 1.29 is 22.7 Å². The first-order valence-corrected chi connectivity index (χ1v) is 11.3. The number of halogens is 3. The van der Waals surface area contributed by atoms with Gasteiger partial charge in [0.25, 0.3) is 5.91 Å². The van der Waals surface area contributed by atoms with Crippen molar-refractivity contribution >= 4 is 52.5 Å². The Morgan fingerprint density at radius 2 is 1.73 bits per heavy atom. The third-order valence-corrected chi connectivity index (χ3v) is 5.04. The molecule has 0 unspecified atom stereocenters. The molecule has 37 heavy (non-hydrogen) atoms. The lowest BCUT2D eigenvalue weighted by molar-refractivity contribution is -0.274. The molecule has 0 saturated carbocycles. The van der Waals surface area contributed by atoms with E-state index in [0.29, 0.717) is 17.3 Å². The molecule has 194 valence electrons. The minimum Gasteiger partial charge on any atom is -0.406 e. The number of para-hydroxylation sites is 1. The van der Waals surface area contributed by atoms with Gasteiger partial charge in [-0.25, -0.2) is 9.97 Å². The summed E-state index contributed by atoms with van der Waals surface area (Å²) in [5, 5.41) is 9.68. The van der Waals surface area contributed by atoms with Crippen LogP contribution in [0.2, 0.25) is 0 Å². The van der Waals surface area contributed by atoms with Gasteiger partial charge in [-0.2, -0.15) is 5.10 Å². The van der Waals surface area contributed by atoms with Gasteiger partial charge in [0.15, 0.2) is 5.11 Å². The second-order valence-corrected chi connectivity index (χ2v) is 8.34. The van der Waals surface area contributed by atoms with Crippen molar-refractivity contribution in [2.24, 2.45) is 5.10 Å². The monoisotopic (exact) mass is 531 g/mol. The minimum absolute atomic E-state index is 0.228. The van der Waals surface area contributed by atoms with Crippen LogP contribution in [-0.4, -0.2) is 40.6 Å². The maximum atomic E-state index is 12.3. The van der Waals surface area contributed by atoms with Crippen LogP contribution in [-0.2, 0) is 4.79 Å². The number of aromatic nitrogens is 2. The average Bonchev–Trinajstić information content (AvgIpc) is 2.84. The largest absolute Gasteiger partial charge is 0.573 e. The van der Waals surface area contributed by atoms with Gasteiger partial charge in [0.05, 0.1) is 18.1 Å². The van der Waals surface area contributed by atoms with Crippen molar-refractivity contribution in [3.05, 3.63) is 66.5 Å². The Labute approximate surface area is 216 Å². The van der Waals surface area contributed by atoms with Crippen LogP contribution in [0.15, 0.2) is 66.0 Å². The average molecular weight is 532 g/mol. The molecule has 1 aromatic heterocycles. The van der Waals surface area contributed by atoms with Crippen molar-refractivity contribution in [3.8, 4) is 5.75 Å². The molecule has 0 fully saturated rings. The summed E-state index contributed by atoms with van der Waals surface area (Å²) >= 11 is 5.22. The van der Waals surface area contributed by atoms with Crippen LogP contribution in [0.5, 0.6) is 5.75 Å². The summed E-state index contributed by atoms with van der Waals surface area (Å²) in [5.41, 5.74) is 5.38. The molecule has 9 nitrogen and oxygen atoms in total. The lowest BCUT2D eigenvalue weighted by atomic mass is 10.0. The van der Waals surface area contributed by atoms with E-state index in [1.54, 1.807) is 11.9 Å². The predicted octanol–water partition coefficient (Wildman–Crippen LogP) is 5.18. The molecule has 0 bridgehead atoms. The number of carbonyl (C=O) groups is 1. The summed E-state index contributed by atoms with van der Waals surface area (Å²) in [7, 11) is 1.64. The number of hydrazone groups is 1. The van der Waals surface area contributed by atoms with Crippen LogP contribution in [0.25, 0.3) is 0 Å². The molecule has 2 aromatic carbocycles. The smallest absolute Gasteiger partial charge is 0.406 e. The van der Waals surface area contributed by atoms with Crippen molar-refractivity contribution in [2.45, 2.75) is 26.1 Å². The number of hydrogen-bond donors (Lipinski definition) is 3. The van der Waals surface area contributed by atoms with E-state index < -0.39 is 12.3 Å². The van der Waals surface area contributed by atoms with E-state index in [4.69, 9.17) is 12.2 Å². The van der Waals surface area contributed by atoms with Crippen LogP contribution >= 0.6 is 12.2 Å². The molecule has 0 atom stereocenters. The number of benzene rings is 2. The van der Waals surface area contributed by atoms with Gasteiger partial charge in [0, 0.05) is 18.4 Å². The zero-order valence-corrected chi connectivity index (χ0v) is 20.9. The number of alkyl halides is 3. The van der Waals surface area contributed by atoms with Gasteiger partial charge in [-0.1, -0.05) is 32.0 Å². The maximum Gasteiger partial charge on any atom is 0.573 e. The molecule has 0 aliphatic rings. The Morgan fingerprint density at radius 1 is 1.08 bits per heavy atom. The normalized spacial score (nSPS) is 11.3. The molecule has 3 rings (SSSR count). The number of anilines is 4. The number of amides is 1. The van der Waals surface area contributed by atoms with Gasteiger partial charge in [0.2, 0.25) is 5.95 Å². The quantitative estimate of drug-likeness (QED) is 0.208. The van der Waals surface area contributed by atoms with Gasteiger partial charge in [-0.15, -0.1) is 13.2 Å². The number of nitrogens with one attached hydrogen (secondary N) is 3. The van der Waals surface area contributed by atoms with Crippen molar-refractivity contribution in [1.82, 2.24) is 15.4 Å². The Hall–Kier alpha value is -4.26. The molecule has 0 aliphatic carbocycles. The van der Waals surface area contributed by atoms with E-state index in [0.717, 1.165) is 17.5 Å². The van der Waals surface area contributed by atoms with E-state index in [1.165, 1.54) is 36.7 Å². The Kier molecular flexibility index (Phi) is 8.95. The van der Waals surface area contributed by atoms with Crippen LogP contribution in [0, 0.1) is 0 Å². The summed E-state index contributed by atoms with van der Waals surface area (Å²) in [5.74, 6) is -0.317. The van der Waals surface area contributed by atoms with E-state index in [9.17, 15) is 18.0 Å². The highest BCUT2D eigenvalue weighted by Gasteiger charge is 2.31. The molecule has 13 heteroatoms. The number of ether oxygens (including phenoxy) is 1. The predicted molar refractivity (Wildman–Crippen MR) is 140 cm³/mol. The highest BCUT2D eigenvalue weighted by atomic mass is 32.1. The third-order valence-electron chi connectivity index (χ3n) is 4.84. The molecule has 1 heterocycles. The number of thiocarbonyl (C=S) groups is 1. The summed E-state index contributed by atoms with van der Waals surface area (Å²) in [6, 6.07) is 13.0. The van der Waals surface area contributed by atoms with Gasteiger partial charge < -0.3 is 20.3 Å². The van der Waals surface area contributed by atoms with E-state index in [-0.39, 0.29) is 16.8 Å². The lowest BCUT2D eigenvalue weighted by Crippen LogP contribution is -2.26. The van der Waals surface area contributed by atoms with Crippen LogP contribution in [0.4, 0.5) is 36.2 Å². The van der Waals surface area contributed by atoms with Crippen LogP contribution in [0.1, 0.15) is 25.3 Å². The highest BCUT2D eigenvalue weighted by Crippen LogP contribution is 2.27. The van der Waals surface area contributed by atoms with Gasteiger partial charge >= 0.3 is 6.36 Å². The Bertz CT molecular complexity index is 1250. The number of rotatable bonds is 8. The Morgan fingerprint density at radius 3 is 2.35 bits per heavy atom. The SMILES string of the molecule is CC(C)c1ccccc1NC(=S)N/N=C/C(=O)Nc1cnc(N(C)c2ccc(OC(F)(F)F)cc2)nc1. The molecule has 0 radical (unpaired) electrons. The summed E-state index contributed by atoms with van der Waals surface area (Å²) in [6.45, 7) is 4.14. The van der Waals surface area contributed by atoms with E-state index in [1.807, 2.05) is 24.3 Å². The molecule has 3 aromatic rings. The number of nitrogens with zero attached hydrogens (tertiary/aromatic N) is 4. The number of carbonyl (C=O) groups excluding carboxylic acids is 1. The summed E-state index contributed by atoms with van der Waals surface area (Å²) in [4.78, 5) is 22.0. The second kappa shape index (κ2) is 12.1.